The average Bonchev–Trinajstić information content (AvgIpc) is 1.99. The van der Waals surface area contributed by atoms with Gasteiger partial charge in [0.1, 0.15) is 0 Å². The fraction of sp³-hybridized carbons (Fsp3) is 0.636. The molecule has 2 atom stereocenters. The van der Waals surface area contributed by atoms with Gasteiger partial charge < -0.3 is 0 Å². The summed E-state index contributed by atoms with van der Waals surface area (Å²) < 4.78 is 0. The van der Waals surface area contributed by atoms with Crippen LogP contribution in [0.4, 0.5) is 0 Å². The van der Waals surface area contributed by atoms with Gasteiger partial charge in [0.15, 0.2) is 0 Å². The lowest BCUT2D eigenvalue weighted by Gasteiger charge is -2.12. The van der Waals surface area contributed by atoms with Crippen molar-refractivity contribution in [2.45, 2.75) is 33.6 Å². The molecule has 0 saturated heterocycles. The van der Waals surface area contributed by atoms with Gasteiger partial charge in [-0.25, -0.2) is 0 Å². The third-order valence-electron chi connectivity index (χ3n) is 2.30. The van der Waals surface area contributed by atoms with Gasteiger partial charge in [-0.3, -0.25) is 0 Å². The molecule has 11 heavy (non-hydrogen) atoms. The molecule has 0 aromatic heterocycles. The highest BCUT2D eigenvalue weighted by Gasteiger charge is 2.03. The molecule has 0 rings (SSSR count). The molecule has 0 nitrogen and oxygen atoms in total. The number of rotatable bonds is 5. The third kappa shape index (κ3) is 4.83. The molecule has 0 heteroatoms. The molecule has 0 aliphatic rings. The van der Waals surface area contributed by atoms with E-state index < -0.39 is 0 Å². The lowest BCUT2D eigenvalue weighted by atomic mass is 9.94. The highest BCUT2D eigenvalue weighted by molar-refractivity contribution is 4.94. The van der Waals surface area contributed by atoms with E-state index in [1.165, 1.54) is 18.4 Å². The minimum absolute atomic E-state index is 0.650. The summed E-state index contributed by atoms with van der Waals surface area (Å²) in [5.74, 6) is 1.31. The molecule has 0 heterocycles. The summed E-state index contributed by atoms with van der Waals surface area (Å²) in [5, 5.41) is 0. The van der Waals surface area contributed by atoms with E-state index in [0.29, 0.717) is 11.8 Å². The minimum Gasteiger partial charge on any atom is -0.103 e. The highest BCUT2D eigenvalue weighted by Crippen LogP contribution is 2.17. The van der Waals surface area contributed by atoms with Crippen LogP contribution in [-0.4, -0.2) is 0 Å². The van der Waals surface area contributed by atoms with Crippen molar-refractivity contribution in [2.24, 2.45) is 11.8 Å². The molecule has 0 spiro atoms. The molecule has 0 aliphatic heterocycles. The molecule has 0 N–H and O–H groups in total. The van der Waals surface area contributed by atoms with Crippen LogP contribution in [0.25, 0.3) is 0 Å². The summed E-state index contributed by atoms with van der Waals surface area (Å²) in [5.41, 5.74) is 1.29. The van der Waals surface area contributed by atoms with E-state index >= 15 is 0 Å². The molecular formula is C11H20. The summed E-state index contributed by atoms with van der Waals surface area (Å²) in [7, 11) is 0. The second kappa shape index (κ2) is 5.17. The van der Waals surface area contributed by atoms with Gasteiger partial charge in [-0.05, 0) is 31.6 Å². The average molecular weight is 152 g/mol. The molecule has 0 fully saturated rings. The van der Waals surface area contributed by atoms with Crippen LogP contribution in [0.5, 0.6) is 0 Å². The van der Waals surface area contributed by atoms with Gasteiger partial charge in [0.25, 0.3) is 0 Å². The standard InChI is InChI=1S/C11H20/c1-6-10(4)7-8-11(5)9(2)3/h6,10-11H,1-2,7-8H2,3-5H3. The Balaban J connectivity index is 3.53. The predicted octanol–water partition coefficient (Wildman–Crippen LogP) is 3.80. The van der Waals surface area contributed by atoms with E-state index in [1.807, 2.05) is 6.08 Å². The van der Waals surface area contributed by atoms with Gasteiger partial charge in [-0.1, -0.05) is 32.1 Å². The fourth-order valence-corrected chi connectivity index (χ4v) is 0.877. The Morgan fingerprint density at radius 3 is 2.27 bits per heavy atom. The van der Waals surface area contributed by atoms with E-state index in [9.17, 15) is 0 Å². The van der Waals surface area contributed by atoms with Crippen LogP contribution in [-0.2, 0) is 0 Å². The SMILES string of the molecule is C=CC(C)CCC(C)C(=C)C. The second-order valence-corrected chi connectivity index (χ2v) is 3.54. The van der Waals surface area contributed by atoms with Crippen molar-refractivity contribution in [1.82, 2.24) is 0 Å². The Bertz CT molecular complexity index is 133. The fourth-order valence-electron chi connectivity index (χ4n) is 0.877. The summed E-state index contributed by atoms with van der Waals surface area (Å²) >= 11 is 0. The first kappa shape index (κ1) is 10.5. The zero-order valence-electron chi connectivity index (χ0n) is 8.06. The van der Waals surface area contributed by atoms with Crippen molar-refractivity contribution in [3.63, 3.8) is 0 Å². The molecule has 0 bridgehead atoms. The maximum absolute atomic E-state index is 3.93. The quantitative estimate of drug-likeness (QED) is 0.526. The van der Waals surface area contributed by atoms with E-state index in [4.69, 9.17) is 0 Å². The summed E-state index contributed by atoms with van der Waals surface area (Å²) in [6.07, 6.45) is 4.49. The lowest BCUT2D eigenvalue weighted by molar-refractivity contribution is 0.520. The monoisotopic (exact) mass is 152 g/mol. The van der Waals surface area contributed by atoms with E-state index in [0.717, 1.165) is 0 Å². The molecule has 0 aromatic carbocycles. The van der Waals surface area contributed by atoms with Crippen LogP contribution in [0.2, 0.25) is 0 Å². The van der Waals surface area contributed by atoms with Gasteiger partial charge >= 0.3 is 0 Å². The Morgan fingerprint density at radius 2 is 1.91 bits per heavy atom. The van der Waals surface area contributed by atoms with Crippen LogP contribution >= 0.6 is 0 Å². The van der Waals surface area contributed by atoms with Crippen molar-refractivity contribution in [1.29, 1.82) is 0 Å². The molecule has 2 unspecified atom stereocenters. The highest BCUT2D eigenvalue weighted by atomic mass is 14.1. The Hall–Kier alpha value is -0.520. The molecule has 0 saturated carbocycles. The molecular weight excluding hydrogens is 132 g/mol. The van der Waals surface area contributed by atoms with Gasteiger partial charge in [0, 0.05) is 0 Å². The van der Waals surface area contributed by atoms with Crippen molar-refractivity contribution in [3.8, 4) is 0 Å². The maximum atomic E-state index is 3.93. The van der Waals surface area contributed by atoms with Crippen LogP contribution in [0.3, 0.4) is 0 Å². The van der Waals surface area contributed by atoms with Gasteiger partial charge in [-0.2, -0.15) is 0 Å². The zero-order valence-corrected chi connectivity index (χ0v) is 8.06. The second-order valence-electron chi connectivity index (χ2n) is 3.54. The van der Waals surface area contributed by atoms with Crippen molar-refractivity contribution < 1.29 is 0 Å². The summed E-state index contributed by atoms with van der Waals surface area (Å²) in [4.78, 5) is 0. The van der Waals surface area contributed by atoms with Crippen molar-refractivity contribution in [2.75, 3.05) is 0 Å². The Labute approximate surface area is 71.0 Å². The molecule has 0 radical (unpaired) electrons. The number of hydrogen-bond acceptors (Lipinski definition) is 0. The largest absolute Gasteiger partial charge is 0.103 e. The Kier molecular flexibility index (Phi) is 4.93. The van der Waals surface area contributed by atoms with Crippen molar-refractivity contribution >= 4 is 0 Å². The topological polar surface area (TPSA) is 0 Å². The van der Waals surface area contributed by atoms with Gasteiger partial charge in [0.2, 0.25) is 0 Å². The van der Waals surface area contributed by atoms with Crippen LogP contribution in [0.15, 0.2) is 24.8 Å². The first-order valence-corrected chi connectivity index (χ1v) is 4.36. The van der Waals surface area contributed by atoms with Crippen LogP contribution in [0, 0.1) is 11.8 Å². The lowest BCUT2D eigenvalue weighted by Crippen LogP contribution is -1.98. The van der Waals surface area contributed by atoms with Gasteiger partial charge in [-0.15, -0.1) is 6.58 Å². The van der Waals surface area contributed by atoms with E-state index in [1.54, 1.807) is 0 Å². The Morgan fingerprint density at radius 1 is 1.36 bits per heavy atom. The third-order valence-corrected chi connectivity index (χ3v) is 2.30. The smallest absolute Gasteiger partial charge is 0.0237 e. The van der Waals surface area contributed by atoms with E-state index in [-0.39, 0.29) is 0 Å². The number of hydrogen-bond donors (Lipinski definition) is 0. The van der Waals surface area contributed by atoms with Crippen LogP contribution in [0.1, 0.15) is 33.6 Å². The predicted molar refractivity (Wildman–Crippen MR) is 52.6 cm³/mol. The summed E-state index contributed by atoms with van der Waals surface area (Å²) in [6, 6.07) is 0. The van der Waals surface area contributed by atoms with Gasteiger partial charge in [0.05, 0.1) is 0 Å². The summed E-state index contributed by atoms with van der Waals surface area (Å²) in [6.45, 7) is 14.2. The number of allylic oxidation sites excluding steroid dienone is 2. The van der Waals surface area contributed by atoms with Crippen molar-refractivity contribution in [3.05, 3.63) is 24.8 Å². The van der Waals surface area contributed by atoms with Crippen LogP contribution < -0.4 is 0 Å². The van der Waals surface area contributed by atoms with E-state index in [2.05, 4.69) is 33.9 Å². The molecule has 0 amide bonds. The first-order chi connectivity index (χ1) is 5.07. The molecule has 0 aromatic rings. The first-order valence-electron chi connectivity index (χ1n) is 4.36. The molecule has 0 aliphatic carbocycles. The maximum Gasteiger partial charge on any atom is -0.0237 e. The molecule has 64 valence electrons. The zero-order chi connectivity index (χ0) is 8.85. The minimum atomic E-state index is 0.650. The normalized spacial score (nSPS) is 15.5.